The van der Waals surface area contributed by atoms with Crippen LogP contribution in [0.3, 0.4) is 0 Å². The smallest absolute Gasteiger partial charge is 0.208 e. The van der Waals surface area contributed by atoms with Gasteiger partial charge in [-0.3, -0.25) is 10.2 Å². The summed E-state index contributed by atoms with van der Waals surface area (Å²) in [6.45, 7) is 0. The molecule has 5 heteroatoms. The molecular formula is C14H15N3OS. The average Bonchev–Trinajstić information content (AvgIpc) is 2.75. The molecular weight excluding hydrogens is 258 g/mol. The van der Waals surface area contributed by atoms with E-state index < -0.39 is 0 Å². The van der Waals surface area contributed by atoms with Crippen molar-refractivity contribution in [2.45, 2.75) is 19.3 Å². The topological polar surface area (TPSA) is 46.4 Å². The van der Waals surface area contributed by atoms with Crippen molar-refractivity contribution in [1.82, 2.24) is 9.99 Å². The highest BCUT2D eigenvalue weighted by Gasteiger charge is 2.12. The standard InChI is InChI=1S/C14H15N3OS/c1-17-11-7-3-5-9-13(11)19-14(17)16-15-10-6-2-4-8-12(10)18/h3,5-7,9,15H,2,4,8H2,1H3. The van der Waals surface area contributed by atoms with E-state index in [1.165, 1.54) is 4.70 Å². The molecule has 1 aliphatic carbocycles. The molecule has 0 saturated carbocycles. The summed E-state index contributed by atoms with van der Waals surface area (Å²) in [7, 11) is 1.98. The molecule has 1 aromatic carbocycles. The number of fused-ring (bicyclic) bond motifs is 1. The van der Waals surface area contributed by atoms with Gasteiger partial charge in [0.05, 0.1) is 15.9 Å². The summed E-state index contributed by atoms with van der Waals surface area (Å²) in [6.07, 6.45) is 4.44. The Morgan fingerprint density at radius 3 is 3.00 bits per heavy atom. The zero-order valence-corrected chi connectivity index (χ0v) is 11.5. The van der Waals surface area contributed by atoms with Crippen LogP contribution in [-0.2, 0) is 11.8 Å². The third-order valence-electron chi connectivity index (χ3n) is 3.24. The van der Waals surface area contributed by atoms with Gasteiger partial charge >= 0.3 is 0 Å². The van der Waals surface area contributed by atoms with Gasteiger partial charge in [0.1, 0.15) is 0 Å². The molecule has 0 saturated heterocycles. The number of ketones is 1. The quantitative estimate of drug-likeness (QED) is 0.853. The number of benzene rings is 1. The highest BCUT2D eigenvalue weighted by Crippen LogP contribution is 2.15. The van der Waals surface area contributed by atoms with Gasteiger partial charge < -0.3 is 4.57 Å². The van der Waals surface area contributed by atoms with Gasteiger partial charge in [0.25, 0.3) is 0 Å². The monoisotopic (exact) mass is 273 g/mol. The number of nitrogens with zero attached hydrogens (tertiary/aromatic N) is 2. The van der Waals surface area contributed by atoms with Crippen LogP contribution in [0.1, 0.15) is 19.3 Å². The first-order chi connectivity index (χ1) is 9.25. The summed E-state index contributed by atoms with van der Waals surface area (Å²) >= 11 is 1.61. The molecule has 0 bridgehead atoms. The maximum Gasteiger partial charge on any atom is 0.208 e. The zero-order chi connectivity index (χ0) is 13.2. The molecule has 1 heterocycles. The highest BCUT2D eigenvalue weighted by atomic mass is 32.1. The lowest BCUT2D eigenvalue weighted by Gasteiger charge is -2.09. The molecule has 2 aromatic rings. The van der Waals surface area contributed by atoms with Crippen LogP contribution in [0.25, 0.3) is 10.2 Å². The van der Waals surface area contributed by atoms with Crippen molar-refractivity contribution in [2.75, 3.05) is 0 Å². The molecule has 1 N–H and O–H groups in total. The number of aromatic nitrogens is 1. The van der Waals surface area contributed by atoms with Crippen LogP contribution in [0.15, 0.2) is 41.1 Å². The predicted molar refractivity (Wildman–Crippen MR) is 76.4 cm³/mol. The number of aryl methyl sites for hydroxylation is 1. The summed E-state index contributed by atoms with van der Waals surface area (Å²) in [5.41, 5.74) is 4.69. The van der Waals surface area contributed by atoms with Gasteiger partial charge in [-0.1, -0.05) is 29.5 Å². The van der Waals surface area contributed by atoms with Crippen LogP contribution < -0.4 is 10.2 Å². The lowest BCUT2D eigenvalue weighted by atomic mass is 10.0. The summed E-state index contributed by atoms with van der Waals surface area (Å²) in [4.78, 5) is 12.5. The van der Waals surface area contributed by atoms with E-state index in [9.17, 15) is 4.79 Å². The van der Waals surface area contributed by atoms with Gasteiger partial charge in [-0.2, -0.15) is 0 Å². The fourth-order valence-electron chi connectivity index (χ4n) is 2.16. The second kappa shape index (κ2) is 5.01. The molecule has 0 aliphatic heterocycles. The first-order valence-electron chi connectivity index (χ1n) is 6.33. The van der Waals surface area contributed by atoms with Crippen molar-refractivity contribution in [3.63, 3.8) is 0 Å². The molecule has 1 aromatic heterocycles. The molecule has 0 radical (unpaired) electrons. The number of carbonyl (C=O) groups is 1. The SMILES string of the molecule is Cn1c(=NNC2=CCCCC2=O)sc2ccccc21. The number of Topliss-reactive ketones (excluding diaryl/α,β-unsaturated/α-hetero) is 1. The molecule has 0 atom stereocenters. The van der Waals surface area contributed by atoms with Crippen molar-refractivity contribution in [2.24, 2.45) is 12.1 Å². The molecule has 4 nitrogen and oxygen atoms in total. The Hall–Kier alpha value is -1.88. The number of thiazole rings is 1. The predicted octanol–water partition coefficient (Wildman–Crippen LogP) is 2.28. The molecule has 0 unspecified atom stereocenters. The number of hydrogen-bond donors (Lipinski definition) is 1. The van der Waals surface area contributed by atoms with E-state index in [0.29, 0.717) is 12.1 Å². The van der Waals surface area contributed by atoms with Gasteiger partial charge in [0.2, 0.25) is 4.80 Å². The molecule has 0 fully saturated rings. The van der Waals surface area contributed by atoms with E-state index >= 15 is 0 Å². The van der Waals surface area contributed by atoms with Crippen molar-refractivity contribution in [3.05, 3.63) is 40.8 Å². The van der Waals surface area contributed by atoms with E-state index in [4.69, 9.17) is 0 Å². The number of hydrogen-bond acceptors (Lipinski definition) is 4. The summed E-state index contributed by atoms with van der Waals surface area (Å²) < 4.78 is 3.22. The Labute approximate surface area is 115 Å². The molecule has 19 heavy (non-hydrogen) atoms. The number of carbonyl (C=O) groups excluding carboxylic acids is 1. The van der Waals surface area contributed by atoms with Crippen molar-refractivity contribution < 1.29 is 4.79 Å². The number of rotatable bonds is 2. The third-order valence-corrected chi connectivity index (χ3v) is 4.36. The van der Waals surface area contributed by atoms with Crippen molar-refractivity contribution >= 4 is 27.3 Å². The normalized spacial score (nSPS) is 16.8. The fraction of sp³-hybridized carbons (Fsp3) is 0.286. The number of allylic oxidation sites excluding steroid dienone is 2. The summed E-state index contributed by atoms with van der Waals surface area (Å²) in [5, 5.41) is 4.36. The van der Waals surface area contributed by atoms with E-state index in [2.05, 4.69) is 22.7 Å². The zero-order valence-electron chi connectivity index (χ0n) is 10.7. The van der Waals surface area contributed by atoms with E-state index in [1.807, 2.05) is 29.8 Å². The van der Waals surface area contributed by atoms with Crippen LogP contribution in [0.4, 0.5) is 0 Å². The maximum atomic E-state index is 11.7. The lowest BCUT2D eigenvalue weighted by Crippen LogP contribution is -2.22. The Morgan fingerprint density at radius 1 is 1.37 bits per heavy atom. The van der Waals surface area contributed by atoms with Gasteiger partial charge in [-0.25, -0.2) is 0 Å². The lowest BCUT2D eigenvalue weighted by molar-refractivity contribution is -0.116. The number of nitrogens with one attached hydrogen (secondary N) is 1. The maximum absolute atomic E-state index is 11.7. The Kier molecular flexibility index (Phi) is 3.21. The first-order valence-corrected chi connectivity index (χ1v) is 7.15. The Morgan fingerprint density at radius 2 is 2.21 bits per heavy atom. The van der Waals surface area contributed by atoms with Crippen LogP contribution in [0.2, 0.25) is 0 Å². The minimum absolute atomic E-state index is 0.152. The van der Waals surface area contributed by atoms with Crippen LogP contribution in [-0.4, -0.2) is 10.4 Å². The van der Waals surface area contributed by atoms with Crippen LogP contribution in [0, 0.1) is 0 Å². The fourth-order valence-corrected chi connectivity index (χ4v) is 3.14. The minimum atomic E-state index is 0.152. The van der Waals surface area contributed by atoms with E-state index in [-0.39, 0.29) is 5.78 Å². The average molecular weight is 273 g/mol. The Bertz CT molecular complexity index is 724. The molecule has 1 aliphatic rings. The first kappa shape index (κ1) is 12.2. The van der Waals surface area contributed by atoms with Gasteiger partial charge in [0.15, 0.2) is 5.78 Å². The van der Waals surface area contributed by atoms with Crippen LogP contribution >= 0.6 is 11.3 Å². The number of para-hydroxylation sites is 1. The molecule has 0 spiro atoms. The molecule has 3 rings (SSSR count). The van der Waals surface area contributed by atoms with E-state index in [0.717, 1.165) is 23.2 Å². The summed E-state index contributed by atoms with van der Waals surface area (Å²) in [5.74, 6) is 0.152. The highest BCUT2D eigenvalue weighted by molar-refractivity contribution is 7.16. The van der Waals surface area contributed by atoms with Gasteiger partial charge in [-0.05, 0) is 25.0 Å². The van der Waals surface area contributed by atoms with E-state index in [1.54, 1.807) is 11.3 Å². The second-order valence-electron chi connectivity index (χ2n) is 4.57. The van der Waals surface area contributed by atoms with Crippen molar-refractivity contribution in [1.29, 1.82) is 0 Å². The molecule has 98 valence electrons. The van der Waals surface area contributed by atoms with Crippen LogP contribution in [0.5, 0.6) is 0 Å². The largest absolute Gasteiger partial charge is 0.318 e. The molecule has 0 amide bonds. The third kappa shape index (κ3) is 2.33. The van der Waals surface area contributed by atoms with Gasteiger partial charge in [0, 0.05) is 13.5 Å². The second-order valence-corrected chi connectivity index (χ2v) is 5.58. The van der Waals surface area contributed by atoms with Crippen molar-refractivity contribution in [3.8, 4) is 0 Å². The summed E-state index contributed by atoms with van der Waals surface area (Å²) in [6, 6.07) is 8.17. The Balaban J connectivity index is 1.96. The minimum Gasteiger partial charge on any atom is -0.318 e. The van der Waals surface area contributed by atoms with Gasteiger partial charge in [-0.15, -0.1) is 5.10 Å².